The Hall–Kier alpha value is -6.49. The number of rotatable bonds is 19. The van der Waals surface area contributed by atoms with Crippen molar-refractivity contribution in [3.63, 3.8) is 0 Å². The van der Waals surface area contributed by atoms with Gasteiger partial charge in [-0.2, -0.15) is 0 Å². The van der Waals surface area contributed by atoms with Crippen LogP contribution in [0.15, 0.2) is 122 Å². The Morgan fingerprint density at radius 3 is 1.23 bits per heavy atom. The zero-order chi connectivity index (χ0) is 37.1. The van der Waals surface area contributed by atoms with Gasteiger partial charge in [0.2, 0.25) is 0 Å². The molecule has 52 heavy (non-hydrogen) atoms. The van der Waals surface area contributed by atoms with Crippen LogP contribution in [0, 0.1) is 0 Å². The first-order valence-corrected chi connectivity index (χ1v) is 16.5. The van der Waals surface area contributed by atoms with Crippen molar-refractivity contribution in [2.45, 2.75) is 25.7 Å². The average Bonchev–Trinajstić information content (AvgIpc) is 3.18. The van der Waals surface area contributed by atoms with Gasteiger partial charge in [0.05, 0.1) is 43.1 Å². The summed E-state index contributed by atoms with van der Waals surface area (Å²) >= 11 is 0. The van der Waals surface area contributed by atoms with Crippen molar-refractivity contribution >= 4 is 29.8 Å². The smallest absolute Gasteiger partial charge is 0.343 e. The summed E-state index contributed by atoms with van der Waals surface area (Å²) < 4.78 is 31.7. The molecule has 4 aromatic carbocycles. The molecule has 0 atom stereocenters. The van der Waals surface area contributed by atoms with Gasteiger partial charge in [-0.15, -0.1) is 0 Å². The summed E-state index contributed by atoms with van der Waals surface area (Å²) in [6.45, 7) is 7.83. The molecule has 0 aliphatic rings. The highest BCUT2D eigenvalue weighted by atomic mass is 16.5. The molecule has 0 radical (unpaired) electrons. The molecule has 0 unspecified atom stereocenters. The van der Waals surface area contributed by atoms with E-state index in [9.17, 15) is 24.0 Å². The molecule has 0 N–H and O–H groups in total. The quantitative estimate of drug-likeness (QED) is 0.0318. The van der Waals surface area contributed by atoms with Crippen molar-refractivity contribution in [1.29, 1.82) is 0 Å². The normalized spacial score (nSPS) is 10.3. The molecule has 0 amide bonds. The molecule has 4 aromatic rings. The van der Waals surface area contributed by atoms with Crippen LogP contribution in [0.5, 0.6) is 17.2 Å². The van der Waals surface area contributed by atoms with Crippen molar-refractivity contribution in [1.82, 2.24) is 0 Å². The van der Waals surface area contributed by atoms with E-state index in [0.29, 0.717) is 61.5 Å². The first kappa shape index (κ1) is 38.3. The lowest BCUT2D eigenvalue weighted by Crippen LogP contribution is -2.10. The molecule has 11 heteroatoms. The van der Waals surface area contributed by atoms with Gasteiger partial charge in [-0.1, -0.05) is 37.4 Å². The van der Waals surface area contributed by atoms with E-state index in [0.717, 1.165) is 23.3 Å². The summed E-state index contributed by atoms with van der Waals surface area (Å²) in [5.74, 6) is -1.37. The Kier molecular flexibility index (Phi) is 14.9. The van der Waals surface area contributed by atoms with Gasteiger partial charge in [0.25, 0.3) is 0 Å². The van der Waals surface area contributed by atoms with E-state index in [1.54, 1.807) is 72.8 Å². The SMILES string of the molecule is C=CC(=O)OCCCCOC(=O)c1ccc(-c2ccc(OC(=O)c3ccc(OC(=O)c4ccc(OCCCCOC(=O)C=C)cc4)cc3)cc2)cc1. The lowest BCUT2D eigenvalue weighted by molar-refractivity contribution is -0.138. The molecule has 0 aliphatic carbocycles. The topological polar surface area (TPSA) is 141 Å². The van der Waals surface area contributed by atoms with Gasteiger partial charge in [0, 0.05) is 12.2 Å². The maximum Gasteiger partial charge on any atom is 0.343 e. The third-order valence-corrected chi connectivity index (χ3v) is 7.31. The molecule has 0 aromatic heterocycles. The number of ether oxygens (including phenoxy) is 6. The van der Waals surface area contributed by atoms with E-state index < -0.39 is 29.8 Å². The summed E-state index contributed by atoms with van der Waals surface area (Å²) in [7, 11) is 0. The largest absolute Gasteiger partial charge is 0.494 e. The number of esters is 5. The fourth-order valence-corrected chi connectivity index (χ4v) is 4.50. The minimum Gasteiger partial charge on any atom is -0.494 e. The monoisotopic (exact) mass is 706 g/mol. The number of benzene rings is 4. The van der Waals surface area contributed by atoms with Crippen LogP contribution in [0.2, 0.25) is 0 Å². The van der Waals surface area contributed by atoms with Crippen molar-refractivity contribution in [2.24, 2.45) is 0 Å². The molecular weight excluding hydrogens is 668 g/mol. The fourth-order valence-electron chi connectivity index (χ4n) is 4.50. The predicted octanol–water partition coefficient (Wildman–Crippen LogP) is 7.35. The number of carbonyl (C=O) groups excluding carboxylic acids is 5. The second-order valence-corrected chi connectivity index (χ2v) is 11.1. The average molecular weight is 707 g/mol. The van der Waals surface area contributed by atoms with Crippen LogP contribution in [-0.4, -0.2) is 56.3 Å². The van der Waals surface area contributed by atoms with Crippen molar-refractivity contribution in [2.75, 3.05) is 26.4 Å². The van der Waals surface area contributed by atoms with Crippen molar-refractivity contribution < 1.29 is 52.4 Å². The molecule has 0 aliphatic heterocycles. The molecule has 11 nitrogen and oxygen atoms in total. The van der Waals surface area contributed by atoms with Gasteiger partial charge in [-0.05, 0) is 110 Å². The van der Waals surface area contributed by atoms with E-state index in [1.807, 2.05) is 0 Å². The van der Waals surface area contributed by atoms with Gasteiger partial charge < -0.3 is 28.4 Å². The molecule has 0 saturated carbocycles. The maximum atomic E-state index is 12.8. The highest BCUT2D eigenvalue weighted by Gasteiger charge is 2.13. The first-order valence-electron chi connectivity index (χ1n) is 16.5. The van der Waals surface area contributed by atoms with E-state index in [-0.39, 0.29) is 24.5 Å². The number of hydrogen-bond donors (Lipinski definition) is 0. The standard InChI is InChI=1S/C41H38O11/c1-3-37(42)48-26-6-5-25-47-34-19-15-32(16-20-34)40(45)52-36-23-17-33(18-24-36)41(46)51-35-21-13-30(14-22-35)29-9-11-31(12-10-29)39(44)50-28-8-7-27-49-38(43)4-2/h3-4,9-24H,1-2,5-8,25-28H2. The minimum atomic E-state index is -0.584. The highest BCUT2D eigenvalue weighted by Crippen LogP contribution is 2.24. The van der Waals surface area contributed by atoms with Gasteiger partial charge in [-0.3, -0.25) is 0 Å². The van der Waals surface area contributed by atoms with E-state index in [2.05, 4.69) is 13.2 Å². The lowest BCUT2D eigenvalue weighted by Gasteiger charge is -2.09. The minimum absolute atomic E-state index is 0.207. The molecule has 0 fully saturated rings. The Balaban J connectivity index is 1.18. The van der Waals surface area contributed by atoms with Crippen LogP contribution in [0.3, 0.4) is 0 Å². The second kappa shape index (κ2) is 20.2. The third kappa shape index (κ3) is 12.4. The number of unbranched alkanes of at least 4 members (excludes halogenated alkanes) is 2. The first-order chi connectivity index (χ1) is 25.2. The van der Waals surface area contributed by atoms with Gasteiger partial charge in [0.1, 0.15) is 17.2 Å². The van der Waals surface area contributed by atoms with Crippen molar-refractivity contribution in [3.05, 3.63) is 139 Å². The van der Waals surface area contributed by atoms with Gasteiger partial charge in [0.15, 0.2) is 0 Å². The maximum absolute atomic E-state index is 12.8. The molecule has 4 rings (SSSR count). The Labute approximate surface area is 301 Å². The molecule has 0 saturated heterocycles. The highest BCUT2D eigenvalue weighted by molar-refractivity contribution is 5.93. The summed E-state index contributed by atoms with van der Waals surface area (Å²) in [6, 6.07) is 26.4. The van der Waals surface area contributed by atoms with Crippen LogP contribution in [0.25, 0.3) is 11.1 Å². The second-order valence-electron chi connectivity index (χ2n) is 11.1. The zero-order valence-electron chi connectivity index (χ0n) is 28.5. The van der Waals surface area contributed by atoms with E-state index >= 15 is 0 Å². The molecule has 0 heterocycles. The molecule has 0 bridgehead atoms. The zero-order valence-corrected chi connectivity index (χ0v) is 28.5. The van der Waals surface area contributed by atoms with Crippen LogP contribution in [-0.2, 0) is 23.8 Å². The predicted molar refractivity (Wildman–Crippen MR) is 191 cm³/mol. The van der Waals surface area contributed by atoms with E-state index in [4.69, 9.17) is 28.4 Å². The fraction of sp³-hybridized carbons (Fsp3) is 0.195. The van der Waals surface area contributed by atoms with Crippen LogP contribution in [0.1, 0.15) is 56.8 Å². The summed E-state index contributed by atoms with van der Waals surface area (Å²) in [5, 5.41) is 0. The lowest BCUT2D eigenvalue weighted by atomic mass is 10.0. The van der Waals surface area contributed by atoms with E-state index in [1.165, 1.54) is 24.3 Å². The van der Waals surface area contributed by atoms with Gasteiger partial charge in [-0.25, -0.2) is 24.0 Å². The van der Waals surface area contributed by atoms with Gasteiger partial charge >= 0.3 is 29.8 Å². The third-order valence-electron chi connectivity index (χ3n) is 7.31. The Morgan fingerprint density at radius 1 is 0.423 bits per heavy atom. The van der Waals surface area contributed by atoms with Crippen LogP contribution in [0.4, 0.5) is 0 Å². The number of carbonyl (C=O) groups is 5. The summed E-state index contributed by atoms with van der Waals surface area (Å²) in [6.07, 6.45) is 4.67. The number of hydrogen-bond acceptors (Lipinski definition) is 11. The Bertz CT molecular complexity index is 1830. The summed E-state index contributed by atoms with van der Waals surface area (Å²) in [5.41, 5.74) is 2.70. The summed E-state index contributed by atoms with van der Waals surface area (Å²) in [4.78, 5) is 59.8. The Morgan fingerprint density at radius 2 is 0.769 bits per heavy atom. The van der Waals surface area contributed by atoms with Crippen LogP contribution >= 0.6 is 0 Å². The molecule has 0 spiro atoms. The van der Waals surface area contributed by atoms with Crippen molar-refractivity contribution in [3.8, 4) is 28.4 Å². The molecular formula is C41H38O11. The molecule has 268 valence electrons. The van der Waals surface area contributed by atoms with Crippen LogP contribution < -0.4 is 14.2 Å².